The van der Waals surface area contributed by atoms with Gasteiger partial charge in [0.1, 0.15) is 5.75 Å². The highest BCUT2D eigenvalue weighted by molar-refractivity contribution is 6.32. The van der Waals surface area contributed by atoms with E-state index in [1.165, 1.54) is 12.1 Å². The number of rotatable bonds is 3. The van der Waals surface area contributed by atoms with E-state index in [-0.39, 0.29) is 12.4 Å². The minimum Gasteiger partial charge on any atom is -0.454 e. The molecule has 2 nitrogen and oxygen atoms in total. The van der Waals surface area contributed by atoms with Crippen LogP contribution in [0, 0.1) is 19.7 Å². The van der Waals surface area contributed by atoms with Crippen LogP contribution in [0.2, 0.25) is 5.02 Å². The number of aliphatic hydroxyl groups is 1. The maximum absolute atomic E-state index is 13.7. The lowest BCUT2D eigenvalue weighted by molar-refractivity contribution is 0.281. The van der Waals surface area contributed by atoms with E-state index < -0.39 is 5.82 Å². The van der Waals surface area contributed by atoms with Crippen LogP contribution in [0.3, 0.4) is 0 Å². The van der Waals surface area contributed by atoms with Crippen LogP contribution in [0.25, 0.3) is 0 Å². The molecule has 2 aromatic carbocycles. The number of benzene rings is 2. The average molecular weight is 281 g/mol. The highest BCUT2D eigenvalue weighted by Gasteiger charge is 2.08. The minimum atomic E-state index is -0.503. The number of hydrogen-bond donors (Lipinski definition) is 1. The lowest BCUT2D eigenvalue weighted by Crippen LogP contribution is -1.92. The summed E-state index contributed by atoms with van der Waals surface area (Å²) in [6.07, 6.45) is 0. The number of halogens is 2. The zero-order valence-corrected chi connectivity index (χ0v) is 11.5. The van der Waals surface area contributed by atoms with Gasteiger partial charge >= 0.3 is 0 Å². The van der Waals surface area contributed by atoms with Crippen LogP contribution < -0.4 is 4.74 Å². The Bertz CT molecular complexity index is 588. The van der Waals surface area contributed by atoms with Gasteiger partial charge in [0.05, 0.1) is 6.61 Å². The lowest BCUT2D eigenvalue weighted by atomic mass is 10.1. The van der Waals surface area contributed by atoms with Crippen molar-refractivity contribution in [2.24, 2.45) is 0 Å². The van der Waals surface area contributed by atoms with Crippen LogP contribution in [0.4, 0.5) is 4.39 Å². The Morgan fingerprint density at radius 3 is 2.32 bits per heavy atom. The molecule has 4 heteroatoms. The van der Waals surface area contributed by atoms with Crippen molar-refractivity contribution in [3.8, 4) is 11.5 Å². The average Bonchev–Trinajstić information content (AvgIpc) is 2.38. The molecule has 2 aromatic rings. The Hall–Kier alpha value is -1.58. The Kier molecular flexibility index (Phi) is 4.08. The molecule has 2 rings (SSSR count). The van der Waals surface area contributed by atoms with Crippen molar-refractivity contribution >= 4 is 11.6 Å². The van der Waals surface area contributed by atoms with Gasteiger partial charge in [0.15, 0.2) is 11.6 Å². The monoisotopic (exact) mass is 280 g/mol. The summed E-state index contributed by atoms with van der Waals surface area (Å²) >= 11 is 6.07. The van der Waals surface area contributed by atoms with Crippen LogP contribution in [0.5, 0.6) is 11.5 Å². The van der Waals surface area contributed by atoms with E-state index in [4.69, 9.17) is 21.4 Å². The lowest BCUT2D eigenvalue weighted by Gasteiger charge is -2.10. The molecule has 0 spiro atoms. The first-order valence-corrected chi connectivity index (χ1v) is 6.23. The van der Waals surface area contributed by atoms with Gasteiger partial charge in [-0.2, -0.15) is 0 Å². The summed E-state index contributed by atoms with van der Waals surface area (Å²) in [5.41, 5.74) is 2.27. The van der Waals surface area contributed by atoms with Gasteiger partial charge in [-0.05, 0) is 54.8 Å². The van der Waals surface area contributed by atoms with E-state index >= 15 is 0 Å². The Balaban J connectivity index is 2.31. The molecule has 0 aliphatic carbocycles. The molecule has 0 saturated carbocycles. The molecule has 0 fully saturated rings. The first-order valence-electron chi connectivity index (χ1n) is 5.85. The van der Waals surface area contributed by atoms with E-state index in [0.29, 0.717) is 16.3 Å². The zero-order valence-electron chi connectivity index (χ0n) is 10.7. The van der Waals surface area contributed by atoms with Crippen molar-refractivity contribution in [1.29, 1.82) is 0 Å². The molecule has 0 radical (unpaired) electrons. The highest BCUT2D eigenvalue weighted by Crippen LogP contribution is 2.30. The Morgan fingerprint density at radius 1 is 1.16 bits per heavy atom. The van der Waals surface area contributed by atoms with Crippen molar-refractivity contribution < 1.29 is 14.2 Å². The molecule has 0 amide bonds. The zero-order chi connectivity index (χ0) is 14.0. The van der Waals surface area contributed by atoms with Crippen molar-refractivity contribution in [3.05, 3.63) is 57.9 Å². The molecule has 1 N–H and O–H groups in total. The van der Waals surface area contributed by atoms with Crippen LogP contribution in [-0.4, -0.2) is 5.11 Å². The van der Waals surface area contributed by atoms with Crippen LogP contribution in [-0.2, 0) is 6.61 Å². The molecule has 0 aliphatic rings. The van der Waals surface area contributed by atoms with Gasteiger partial charge in [-0.15, -0.1) is 0 Å². The molecular weight excluding hydrogens is 267 g/mol. The molecule has 0 heterocycles. The van der Waals surface area contributed by atoms with Crippen LogP contribution in [0.1, 0.15) is 16.7 Å². The first kappa shape index (κ1) is 13.8. The van der Waals surface area contributed by atoms with E-state index in [9.17, 15) is 4.39 Å². The van der Waals surface area contributed by atoms with Crippen molar-refractivity contribution in [2.45, 2.75) is 20.5 Å². The second-order valence-corrected chi connectivity index (χ2v) is 4.77. The first-order chi connectivity index (χ1) is 9.01. The second kappa shape index (κ2) is 5.59. The number of aryl methyl sites for hydroxylation is 2. The van der Waals surface area contributed by atoms with Gasteiger partial charge in [0.25, 0.3) is 0 Å². The molecule has 0 atom stereocenters. The second-order valence-electron chi connectivity index (χ2n) is 4.40. The van der Waals surface area contributed by atoms with E-state index in [1.807, 2.05) is 13.8 Å². The highest BCUT2D eigenvalue weighted by atomic mass is 35.5. The fourth-order valence-corrected chi connectivity index (χ4v) is 1.93. The summed E-state index contributed by atoms with van der Waals surface area (Å²) in [4.78, 5) is 0. The smallest absolute Gasteiger partial charge is 0.166 e. The number of aliphatic hydroxyl groups excluding tert-OH is 1. The van der Waals surface area contributed by atoms with Crippen molar-refractivity contribution in [2.75, 3.05) is 0 Å². The topological polar surface area (TPSA) is 29.5 Å². The maximum atomic E-state index is 13.7. The molecule has 0 unspecified atom stereocenters. The minimum absolute atomic E-state index is 0.123. The van der Waals surface area contributed by atoms with E-state index in [2.05, 4.69) is 0 Å². The SMILES string of the molecule is Cc1cc(Oc2ccc(CO)cc2F)cc(C)c1Cl. The summed E-state index contributed by atoms with van der Waals surface area (Å²) < 4.78 is 19.3. The number of ether oxygens (including phenoxy) is 1. The van der Waals surface area contributed by atoms with Crippen LogP contribution >= 0.6 is 11.6 Å². The Morgan fingerprint density at radius 2 is 1.79 bits per heavy atom. The Labute approximate surface area is 116 Å². The molecule has 0 aromatic heterocycles. The van der Waals surface area contributed by atoms with Gasteiger partial charge < -0.3 is 9.84 Å². The summed E-state index contributed by atoms with van der Waals surface area (Å²) in [6.45, 7) is 3.54. The molecule has 100 valence electrons. The van der Waals surface area contributed by atoms with Crippen molar-refractivity contribution in [3.63, 3.8) is 0 Å². The third kappa shape index (κ3) is 3.06. The predicted octanol–water partition coefficient (Wildman–Crippen LogP) is 4.38. The third-order valence-corrected chi connectivity index (χ3v) is 3.41. The standard InChI is InChI=1S/C15H14ClFO2/c1-9-5-12(6-10(2)15(9)16)19-14-4-3-11(8-18)7-13(14)17/h3-7,18H,8H2,1-2H3. The predicted molar refractivity (Wildman–Crippen MR) is 73.3 cm³/mol. The normalized spacial score (nSPS) is 10.6. The van der Waals surface area contributed by atoms with Gasteiger partial charge in [0.2, 0.25) is 0 Å². The fourth-order valence-electron chi connectivity index (χ4n) is 1.82. The third-order valence-electron chi connectivity index (χ3n) is 2.82. The van der Waals surface area contributed by atoms with Gasteiger partial charge in [0, 0.05) is 5.02 Å². The van der Waals surface area contributed by atoms with Gasteiger partial charge in [-0.3, -0.25) is 0 Å². The number of hydrogen-bond acceptors (Lipinski definition) is 2. The molecular formula is C15H14ClFO2. The largest absolute Gasteiger partial charge is 0.454 e. The molecule has 0 saturated heterocycles. The quantitative estimate of drug-likeness (QED) is 0.904. The summed E-state index contributed by atoms with van der Waals surface area (Å²) in [5, 5.41) is 9.61. The molecule has 19 heavy (non-hydrogen) atoms. The van der Waals surface area contributed by atoms with Crippen molar-refractivity contribution in [1.82, 2.24) is 0 Å². The summed E-state index contributed by atoms with van der Waals surface area (Å²) in [6, 6.07) is 7.89. The molecule has 0 aliphatic heterocycles. The van der Waals surface area contributed by atoms with E-state index in [1.54, 1.807) is 18.2 Å². The van der Waals surface area contributed by atoms with Gasteiger partial charge in [-0.1, -0.05) is 17.7 Å². The summed E-state index contributed by atoms with van der Waals surface area (Å²) in [5.74, 6) is 0.158. The maximum Gasteiger partial charge on any atom is 0.166 e. The van der Waals surface area contributed by atoms with Gasteiger partial charge in [-0.25, -0.2) is 4.39 Å². The van der Waals surface area contributed by atoms with E-state index in [0.717, 1.165) is 11.1 Å². The molecule has 0 bridgehead atoms. The summed E-state index contributed by atoms with van der Waals surface area (Å²) in [7, 11) is 0. The fraction of sp³-hybridized carbons (Fsp3) is 0.200. The van der Waals surface area contributed by atoms with Crippen LogP contribution in [0.15, 0.2) is 30.3 Å².